The quantitative estimate of drug-likeness (QED) is 0.488. The first-order valence-electron chi connectivity index (χ1n) is 8.00. The fourth-order valence-electron chi connectivity index (χ4n) is 2.20. The van der Waals surface area contributed by atoms with Crippen molar-refractivity contribution >= 4 is 23.4 Å². The number of ether oxygens (including phenoxy) is 1. The van der Waals surface area contributed by atoms with Crippen molar-refractivity contribution in [1.29, 1.82) is 0 Å². The minimum absolute atomic E-state index is 0.0947. The number of nitrogens with zero attached hydrogens (tertiary/aromatic N) is 3. The number of aryl methyl sites for hydroxylation is 1. The highest BCUT2D eigenvalue weighted by Crippen LogP contribution is 2.23. The van der Waals surface area contributed by atoms with Crippen LogP contribution in [0.15, 0.2) is 34.9 Å². The van der Waals surface area contributed by atoms with Crippen LogP contribution in [0.5, 0.6) is 0 Å². The predicted octanol–water partition coefficient (Wildman–Crippen LogP) is 2.62. The number of hydrogen-bond acceptors (Lipinski definition) is 8. The number of nitrogens with one attached hydrogen (secondary N) is 1. The topological polar surface area (TPSA) is 107 Å². The van der Waals surface area contributed by atoms with Crippen molar-refractivity contribution in [2.75, 3.05) is 13.2 Å². The Kier molecular flexibility index (Phi) is 5.87. The second-order valence-corrected chi connectivity index (χ2v) is 6.21. The molecule has 27 heavy (non-hydrogen) atoms. The van der Waals surface area contributed by atoms with Crippen molar-refractivity contribution in [2.45, 2.75) is 13.3 Å². The second kappa shape index (κ2) is 8.49. The number of oxazole rings is 1. The van der Waals surface area contributed by atoms with Gasteiger partial charge in [0.25, 0.3) is 5.91 Å². The Bertz CT molecular complexity index is 956. The van der Waals surface area contributed by atoms with Crippen LogP contribution in [0.3, 0.4) is 0 Å². The molecule has 8 nitrogen and oxygen atoms in total. The van der Waals surface area contributed by atoms with Gasteiger partial charge in [0.2, 0.25) is 0 Å². The van der Waals surface area contributed by atoms with Crippen molar-refractivity contribution in [3.8, 4) is 11.4 Å². The molecular weight excluding hydrogens is 375 g/mol. The summed E-state index contributed by atoms with van der Waals surface area (Å²) in [6, 6.07) is 5.39. The largest absolute Gasteiger partial charge is 0.461 e. The summed E-state index contributed by atoms with van der Waals surface area (Å²) in [5, 5.41) is 6.52. The number of halogens is 1. The molecule has 1 N–H and O–H groups in total. The summed E-state index contributed by atoms with van der Waals surface area (Å²) in [5.74, 6) is -0.993. The summed E-state index contributed by atoms with van der Waals surface area (Å²) in [6.07, 6.45) is 1.79. The molecule has 3 aromatic rings. The normalized spacial score (nSPS) is 10.6. The first-order chi connectivity index (χ1) is 13.0. The first kappa shape index (κ1) is 18.6. The zero-order chi connectivity index (χ0) is 19.2. The number of rotatable bonds is 7. The lowest BCUT2D eigenvalue weighted by atomic mass is 10.2. The van der Waals surface area contributed by atoms with Crippen LogP contribution in [0.25, 0.3) is 11.4 Å². The number of benzene rings is 1. The summed E-state index contributed by atoms with van der Waals surface area (Å²) in [7, 11) is 0. The van der Waals surface area contributed by atoms with Crippen LogP contribution in [0.2, 0.25) is 0 Å². The van der Waals surface area contributed by atoms with Gasteiger partial charge in [-0.25, -0.2) is 14.2 Å². The molecule has 0 aliphatic rings. The van der Waals surface area contributed by atoms with Crippen molar-refractivity contribution in [2.24, 2.45) is 0 Å². The van der Waals surface area contributed by atoms with E-state index in [4.69, 9.17) is 9.15 Å². The average molecular weight is 390 g/mol. The van der Waals surface area contributed by atoms with Gasteiger partial charge in [-0.3, -0.25) is 4.79 Å². The molecule has 0 saturated carbocycles. The Balaban J connectivity index is 1.45. The minimum atomic E-state index is -0.572. The molecule has 0 unspecified atom stereocenters. The Labute approximate surface area is 157 Å². The monoisotopic (exact) mass is 390 g/mol. The van der Waals surface area contributed by atoms with E-state index in [0.29, 0.717) is 23.7 Å². The number of amides is 1. The summed E-state index contributed by atoms with van der Waals surface area (Å²) in [4.78, 5) is 28.4. The average Bonchev–Trinajstić information content (AvgIpc) is 3.29. The van der Waals surface area contributed by atoms with Crippen LogP contribution >= 0.6 is 11.5 Å². The summed E-state index contributed by atoms with van der Waals surface area (Å²) in [6.45, 7) is 2.05. The maximum absolute atomic E-state index is 13.1. The van der Waals surface area contributed by atoms with E-state index in [0.717, 1.165) is 17.6 Å². The number of esters is 1. The predicted molar refractivity (Wildman–Crippen MR) is 93.8 cm³/mol. The Morgan fingerprint density at radius 3 is 2.96 bits per heavy atom. The third-order valence-corrected chi connectivity index (χ3v) is 4.17. The van der Waals surface area contributed by atoms with Gasteiger partial charge in [0.15, 0.2) is 10.8 Å². The molecule has 1 aromatic carbocycles. The van der Waals surface area contributed by atoms with Crippen LogP contribution in [0, 0.1) is 12.7 Å². The van der Waals surface area contributed by atoms with Crippen molar-refractivity contribution < 1.29 is 23.1 Å². The highest BCUT2D eigenvalue weighted by Gasteiger charge is 2.21. The van der Waals surface area contributed by atoms with Crippen LogP contribution in [-0.2, 0) is 4.74 Å². The number of aromatic nitrogens is 3. The van der Waals surface area contributed by atoms with E-state index in [1.807, 2.05) is 0 Å². The van der Waals surface area contributed by atoms with Crippen molar-refractivity contribution in [3.05, 3.63) is 52.7 Å². The molecule has 0 aliphatic carbocycles. The van der Waals surface area contributed by atoms with Crippen LogP contribution < -0.4 is 5.32 Å². The number of carbonyl (C=O) groups is 2. The second-order valence-electron chi connectivity index (χ2n) is 5.46. The van der Waals surface area contributed by atoms with Gasteiger partial charge >= 0.3 is 5.97 Å². The summed E-state index contributed by atoms with van der Waals surface area (Å²) >= 11 is 0.906. The van der Waals surface area contributed by atoms with Gasteiger partial charge in [-0.2, -0.15) is 0 Å². The Morgan fingerprint density at radius 1 is 1.37 bits per heavy atom. The Hall–Kier alpha value is -3.14. The Morgan fingerprint density at radius 2 is 2.22 bits per heavy atom. The van der Waals surface area contributed by atoms with E-state index < -0.39 is 17.7 Å². The molecule has 0 radical (unpaired) electrons. The lowest BCUT2D eigenvalue weighted by molar-refractivity contribution is 0.0507. The van der Waals surface area contributed by atoms with Crippen LogP contribution in [0.1, 0.15) is 32.3 Å². The summed E-state index contributed by atoms with van der Waals surface area (Å²) in [5.41, 5.74) is 0.951. The third kappa shape index (κ3) is 4.73. The molecule has 3 rings (SSSR count). The number of carbonyl (C=O) groups excluding carboxylic acids is 2. The van der Waals surface area contributed by atoms with Crippen LogP contribution in [0.4, 0.5) is 4.39 Å². The molecule has 1 amide bonds. The molecule has 0 atom stereocenters. The maximum Gasteiger partial charge on any atom is 0.352 e. The lowest BCUT2D eigenvalue weighted by Gasteiger charge is -2.06. The fraction of sp³-hybridized carbons (Fsp3) is 0.235. The van der Waals surface area contributed by atoms with E-state index in [1.165, 1.54) is 24.5 Å². The minimum Gasteiger partial charge on any atom is -0.461 e. The van der Waals surface area contributed by atoms with Crippen LogP contribution in [-0.4, -0.2) is 39.6 Å². The fourth-order valence-corrected chi connectivity index (χ4v) is 2.77. The van der Waals surface area contributed by atoms with E-state index in [2.05, 4.69) is 19.9 Å². The first-order valence-corrected chi connectivity index (χ1v) is 8.77. The lowest BCUT2D eigenvalue weighted by Crippen LogP contribution is -2.25. The SMILES string of the molecule is Cc1nc(-c2nnsc2C(=O)OCCCNC(=O)c2cccc(F)c2)co1. The smallest absolute Gasteiger partial charge is 0.352 e. The highest BCUT2D eigenvalue weighted by molar-refractivity contribution is 7.08. The number of hydrogen-bond donors (Lipinski definition) is 1. The van der Waals surface area contributed by atoms with E-state index in [-0.39, 0.29) is 23.6 Å². The van der Waals surface area contributed by atoms with Gasteiger partial charge in [-0.05, 0) is 36.2 Å². The molecule has 0 aliphatic heterocycles. The van der Waals surface area contributed by atoms with Gasteiger partial charge in [0.1, 0.15) is 23.5 Å². The standard InChI is InChI=1S/C17H15FN4O4S/c1-10-20-13(9-26-10)14-15(27-22-21-14)17(24)25-7-3-6-19-16(23)11-4-2-5-12(18)8-11/h2,4-5,8-9H,3,6-7H2,1H3,(H,19,23). The van der Waals surface area contributed by atoms with Gasteiger partial charge in [0, 0.05) is 19.0 Å². The van der Waals surface area contributed by atoms with Gasteiger partial charge in [0.05, 0.1) is 6.61 Å². The molecule has 0 fully saturated rings. The van der Waals surface area contributed by atoms with Gasteiger partial charge in [-0.15, -0.1) is 5.10 Å². The molecule has 0 bridgehead atoms. The van der Waals surface area contributed by atoms with E-state index in [9.17, 15) is 14.0 Å². The van der Waals surface area contributed by atoms with Gasteiger partial charge < -0.3 is 14.5 Å². The molecule has 0 spiro atoms. The zero-order valence-corrected chi connectivity index (χ0v) is 15.1. The third-order valence-electron chi connectivity index (χ3n) is 3.46. The molecule has 10 heteroatoms. The highest BCUT2D eigenvalue weighted by atomic mass is 32.1. The molecule has 2 aromatic heterocycles. The van der Waals surface area contributed by atoms with E-state index in [1.54, 1.807) is 6.92 Å². The molecular formula is C17H15FN4O4S. The molecule has 140 valence electrons. The molecule has 2 heterocycles. The van der Waals surface area contributed by atoms with Gasteiger partial charge in [-0.1, -0.05) is 10.6 Å². The van der Waals surface area contributed by atoms with Crippen molar-refractivity contribution in [1.82, 2.24) is 19.9 Å². The van der Waals surface area contributed by atoms with Crippen molar-refractivity contribution in [3.63, 3.8) is 0 Å². The summed E-state index contributed by atoms with van der Waals surface area (Å²) < 4.78 is 27.1. The maximum atomic E-state index is 13.1. The van der Waals surface area contributed by atoms with E-state index >= 15 is 0 Å². The molecule has 0 saturated heterocycles. The zero-order valence-electron chi connectivity index (χ0n) is 14.3.